The maximum Gasteiger partial charge on any atom is 0.341 e. The largest absolute Gasteiger partial charge is 0.462 e. The summed E-state index contributed by atoms with van der Waals surface area (Å²) in [5.41, 5.74) is 4.11. The number of carbonyl (C=O) groups is 1. The molecule has 5 aromatic rings. The van der Waals surface area contributed by atoms with Crippen LogP contribution in [0.3, 0.4) is 0 Å². The summed E-state index contributed by atoms with van der Waals surface area (Å²) in [5, 5.41) is 5.39. The number of aliphatic imine (C=N–C) groups is 1. The number of nitrogens with zero attached hydrogens (tertiary/aromatic N) is 2. The summed E-state index contributed by atoms with van der Waals surface area (Å²) in [6.07, 6.45) is 2.76. The molecule has 4 aromatic carbocycles. The Labute approximate surface area is 220 Å². The second-order valence-corrected chi connectivity index (χ2v) is 10.4. The molecule has 0 fully saturated rings. The van der Waals surface area contributed by atoms with Crippen molar-refractivity contribution in [2.75, 3.05) is 13.2 Å². The third-order valence-corrected chi connectivity index (χ3v) is 8.09. The first-order valence-corrected chi connectivity index (χ1v) is 13.6. The average molecular weight is 505 g/mol. The van der Waals surface area contributed by atoms with Crippen molar-refractivity contribution >= 4 is 50.1 Å². The van der Waals surface area contributed by atoms with E-state index < -0.39 is 0 Å². The minimum Gasteiger partial charge on any atom is -0.462 e. The Bertz CT molecular complexity index is 1570. The van der Waals surface area contributed by atoms with Gasteiger partial charge >= 0.3 is 5.97 Å². The summed E-state index contributed by atoms with van der Waals surface area (Å²) in [4.78, 5) is 21.7. The van der Waals surface area contributed by atoms with Crippen molar-refractivity contribution in [1.29, 1.82) is 0 Å². The molecule has 184 valence electrons. The van der Waals surface area contributed by atoms with E-state index in [0.29, 0.717) is 12.2 Å². The van der Waals surface area contributed by atoms with Gasteiger partial charge in [0.2, 0.25) is 0 Å². The maximum absolute atomic E-state index is 13.1. The summed E-state index contributed by atoms with van der Waals surface area (Å²) in [6.45, 7) is 4.81. The molecule has 1 aliphatic heterocycles. The number of carbonyl (C=O) groups excluding carboxylic acids is 1. The summed E-state index contributed by atoms with van der Waals surface area (Å²) >= 11 is 1.62. The van der Waals surface area contributed by atoms with E-state index in [9.17, 15) is 4.79 Å². The molecule has 5 heteroatoms. The molecule has 1 aromatic heterocycles. The van der Waals surface area contributed by atoms with Gasteiger partial charge in [0.1, 0.15) is 5.00 Å². The zero-order valence-corrected chi connectivity index (χ0v) is 21.6. The molecule has 0 N–H and O–H groups in total. The van der Waals surface area contributed by atoms with Crippen molar-refractivity contribution in [3.05, 3.63) is 112 Å². The van der Waals surface area contributed by atoms with Gasteiger partial charge in [-0.2, -0.15) is 0 Å². The minimum atomic E-state index is -0.272. The smallest absolute Gasteiger partial charge is 0.341 e. The fourth-order valence-corrected chi connectivity index (χ4v) is 6.46. The van der Waals surface area contributed by atoms with Gasteiger partial charge in [-0.05, 0) is 52.1 Å². The zero-order chi connectivity index (χ0) is 25.2. The van der Waals surface area contributed by atoms with Gasteiger partial charge in [0.15, 0.2) is 0 Å². The van der Waals surface area contributed by atoms with Gasteiger partial charge in [-0.1, -0.05) is 78.9 Å². The molecule has 0 saturated heterocycles. The molecule has 1 aliphatic rings. The van der Waals surface area contributed by atoms with E-state index in [0.717, 1.165) is 53.0 Å². The van der Waals surface area contributed by atoms with Gasteiger partial charge in [0.05, 0.1) is 12.2 Å². The highest BCUT2D eigenvalue weighted by molar-refractivity contribution is 7.16. The third-order valence-electron chi connectivity index (χ3n) is 6.97. The Kier molecular flexibility index (Phi) is 6.56. The monoisotopic (exact) mass is 504 g/mol. The Morgan fingerprint density at radius 1 is 0.973 bits per heavy atom. The first kappa shape index (κ1) is 23.6. The first-order valence-electron chi connectivity index (χ1n) is 12.7. The molecule has 0 amide bonds. The van der Waals surface area contributed by atoms with Crippen molar-refractivity contribution in [2.45, 2.75) is 26.4 Å². The van der Waals surface area contributed by atoms with Crippen molar-refractivity contribution in [2.24, 2.45) is 4.99 Å². The maximum atomic E-state index is 13.1. The summed E-state index contributed by atoms with van der Waals surface area (Å²) in [7, 11) is 0. The van der Waals surface area contributed by atoms with Crippen LogP contribution >= 0.6 is 11.3 Å². The number of thiophene rings is 1. The van der Waals surface area contributed by atoms with E-state index in [1.54, 1.807) is 11.3 Å². The van der Waals surface area contributed by atoms with E-state index in [1.165, 1.54) is 21.2 Å². The van der Waals surface area contributed by atoms with Crippen LogP contribution in [0.5, 0.6) is 0 Å². The molecule has 0 radical (unpaired) electrons. The SMILES string of the molecule is CCOC(=O)c1c(N=Cc2c3ccccc3cc3ccccc23)sc2c1CCN(Cc1ccccc1)C2. The molecular formula is C32H28N2O2S. The highest BCUT2D eigenvalue weighted by Crippen LogP contribution is 2.40. The Balaban J connectivity index is 1.40. The van der Waals surface area contributed by atoms with Crippen LogP contribution in [0.1, 0.15) is 38.8 Å². The summed E-state index contributed by atoms with van der Waals surface area (Å²) in [6, 6.07) is 29.5. The van der Waals surface area contributed by atoms with Crippen LogP contribution in [0, 0.1) is 0 Å². The second kappa shape index (κ2) is 10.3. The predicted octanol–water partition coefficient (Wildman–Crippen LogP) is 7.54. The molecule has 0 atom stereocenters. The lowest BCUT2D eigenvalue weighted by Crippen LogP contribution is -2.29. The third kappa shape index (κ3) is 4.68. The van der Waals surface area contributed by atoms with E-state index in [4.69, 9.17) is 9.73 Å². The van der Waals surface area contributed by atoms with Crippen molar-refractivity contribution in [3.63, 3.8) is 0 Å². The van der Waals surface area contributed by atoms with Crippen LogP contribution in [0.4, 0.5) is 5.00 Å². The molecule has 4 nitrogen and oxygen atoms in total. The molecule has 0 saturated carbocycles. The van der Waals surface area contributed by atoms with Gasteiger partial charge in [-0.3, -0.25) is 4.90 Å². The number of ether oxygens (including phenoxy) is 1. The first-order chi connectivity index (χ1) is 18.2. The average Bonchev–Trinajstić information content (AvgIpc) is 3.29. The number of benzene rings is 4. The Hall–Kier alpha value is -3.80. The van der Waals surface area contributed by atoms with E-state index in [1.807, 2.05) is 19.2 Å². The topological polar surface area (TPSA) is 41.9 Å². The molecular weight excluding hydrogens is 476 g/mol. The van der Waals surface area contributed by atoms with Gasteiger partial charge in [-0.15, -0.1) is 11.3 Å². The Morgan fingerprint density at radius 2 is 1.65 bits per heavy atom. The zero-order valence-electron chi connectivity index (χ0n) is 20.8. The van der Waals surface area contributed by atoms with E-state index >= 15 is 0 Å². The number of hydrogen-bond donors (Lipinski definition) is 0. The van der Waals surface area contributed by atoms with E-state index in [-0.39, 0.29) is 5.97 Å². The normalized spacial score (nSPS) is 13.9. The van der Waals surface area contributed by atoms with Crippen molar-refractivity contribution < 1.29 is 9.53 Å². The number of hydrogen-bond acceptors (Lipinski definition) is 5. The van der Waals surface area contributed by atoms with Gasteiger partial charge < -0.3 is 4.74 Å². The molecule has 0 spiro atoms. The minimum absolute atomic E-state index is 0.272. The molecule has 6 rings (SSSR count). The van der Waals surface area contributed by atoms with Crippen LogP contribution in [0.25, 0.3) is 21.5 Å². The highest BCUT2D eigenvalue weighted by atomic mass is 32.1. The summed E-state index contributed by atoms with van der Waals surface area (Å²) in [5.74, 6) is -0.272. The fraction of sp³-hybridized carbons (Fsp3) is 0.188. The molecule has 2 heterocycles. The standard InChI is InChI=1S/C32H28N2O2S/c1-2-36-32(35)30-27-16-17-34(20-22-10-4-3-5-11-22)21-29(27)37-31(30)33-19-28-25-14-8-6-12-23(25)18-24-13-7-9-15-26(24)28/h3-15,18-19H,2,16-17,20-21H2,1H3. The number of esters is 1. The highest BCUT2D eigenvalue weighted by Gasteiger charge is 2.28. The van der Waals surface area contributed by atoms with Crippen molar-refractivity contribution in [1.82, 2.24) is 4.90 Å². The summed E-state index contributed by atoms with van der Waals surface area (Å²) < 4.78 is 5.49. The number of fused-ring (bicyclic) bond motifs is 3. The van der Waals surface area contributed by atoms with Crippen molar-refractivity contribution in [3.8, 4) is 0 Å². The molecule has 0 bridgehead atoms. The predicted molar refractivity (Wildman–Crippen MR) is 153 cm³/mol. The lowest BCUT2D eigenvalue weighted by Gasteiger charge is -2.27. The van der Waals surface area contributed by atoms with E-state index in [2.05, 4.69) is 83.8 Å². The van der Waals surface area contributed by atoms with Gasteiger partial charge in [-0.25, -0.2) is 9.79 Å². The van der Waals surface area contributed by atoms with Gasteiger partial charge in [0.25, 0.3) is 0 Å². The lowest BCUT2D eigenvalue weighted by atomic mass is 9.97. The van der Waals surface area contributed by atoms with Crippen LogP contribution in [-0.2, 0) is 24.2 Å². The van der Waals surface area contributed by atoms with Crippen LogP contribution in [-0.4, -0.2) is 30.2 Å². The van der Waals surface area contributed by atoms with Gasteiger partial charge in [0, 0.05) is 36.3 Å². The second-order valence-electron chi connectivity index (χ2n) is 9.34. The molecule has 0 unspecified atom stereocenters. The van der Waals surface area contributed by atoms with Crippen LogP contribution < -0.4 is 0 Å². The number of rotatable bonds is 6. The molecule has 37 heavy (non-hydrogen) atoms. The fourth-order valence-electron chi connectivity index (χ4n) is 5.23. The van der Waals surface area contributed by atoms with Crippen LogP contribution in [0.15, 0.2) is 89.9 Å². The quantitative estimate of drug-likeness (QED) is 0.136. The Morgan fingerprint density at radius 3 is 2.35 bits per heavy atom. The molecule has 0 aliphatic carbocycles. The van der Waals surface area contributed by atoms with Crippen LogP contribution in [0.2, 0.25) is 0 Å². The lowest BCUT2D eigenvalue weighted by molar-refractivity contribution is 0.0526.